The maximum Gasteiger partial charge on any atom is 0.171 e. The first-order valence-electron chi connectivity index (χ1n) is 16.2. The fourth-order valence-electron chi connectivity index (χ4n) is 5.23. The number of aliphatic hydroxyl groups is 1. The number of rotatable bonds is 13. The highest BCUT2D eigenvalue weighted by molar-refractivity contribution is 6.48. The SMILES string of the molecule is CCC(O)(C=CC=C(C)c1cccc(C=Cc2ccc(C(O[SiH](C)C)C(C)(C)C)c(C(O[SiH](C)C)C(C)(C)C)c2)c1)CC. The van der Waals surface area contributed by atoms with Gasteiger partial charge in [0.05, 0.1) is 17.8 Å². The summed E-state index contributed by atoms with van der Waals surface area (Å²) in [4.78, 5) is 0. The number of allylic oxidation sites excluding steroid dienone is 3. The third-order valence-electron chi connectivity index (χ3n) is 7.85. The molecule has 43 heavy (non-hydrogen) atoms. The Balaban J connectivity index is 2.54. The van der Waals surface area contributed by atoms with Gasteiger partial charge in [0.2, 0.25) is 0 Å². The maximum absolute atomic E-state index is 10.6. The van der Waals surface area contributed by atoms with Crippen LogP contribution in [0.2, 0.25) is 26.2 Å². The Labute approximate surface area is 267 Å². The summed E-state index contributed by atoms with van der Waals surface area (Å²) in [5.41, 5.74) is 6.34. The molecule has 2 atom stereocenters. The molecule has 0 saturated carbocycles. The van der Waals surface area contributed by atoms with Crippen LogP contribution in [-0.4, -0.2) is 28.8 Å². The molecule has 0 fully saturated rings. The van der Waals surface area contributed by atoms with Gasteiger partial charge in [-0.2, -0.15) is 0 Å². The third kappa shape index (κ3) is 11.4. The van der Waals surface area contributed by atoms with Crippen LogP contribution in [0, 0.1) is 10.8 Å². The zero-order chi connectivity index (χ0) is 32.6. The summed E-state index contributed by atoms with van der Waals surface area (Å²) in [5.74, 6) is 0. The van der Waals surface area contributed by atoms with Crippen molar-refractivity contribution in [3.8, 4) is 0 Å². The van der Waals surface area contributed by atoms with Crippen LogP contribution in [0.25, 0.3) is 17.7 Å². The van der Waals surface area contributed by atoms with Crippen molar-refractivity contribution >= 4 is 35.8 Å². The first kappa shape index (κ1) is 37.2. The molecule has 2 aromatic carbocycles. The van der Waals surface area contributed by atoms with Gasteiger partial charge in [-0.05, 0) is 102 Å². The van der Waals surface area contributed by atoms with Crippen molar-refractivity contribution in [3.63, 3.8) is 0 Å². The van der Waals surface area contributed by atoms with E-state index in [2.05, 4.69) is 135 Å². The van der Waals surface area contributed by atoms with E-state index < -0.39 is 23.7 Å². The van der Waals surface area contributed by atoms with Gasteiger partial charge in [0.15, 0.2) is 18.1 Å². The zero-order valence-corrected chi connectivity index (χ0v) is 31.7. The summed E-state index contributed by atoms with van der Waals surface area (Å²) in [6.45, 7) is 28.9. The molecule has 0 aliphatic rings. The predicted octanol–water partition coefficient (Wildman–Crippen LogP) is 10.5. The zero-order valence-electron chi connectivity index (χ0n) is 29.4. The Kier molecular flexibility index (Phi) is 13.7. The largest absolute Gasteiger partial charge is 0.413 e. The highest BCUT2D eigenvalue weighted by Gasteiger charge is 2.35. The Morgan fingerprint density at radius 3 is 1.77 bits per heavy atom. The monoisotopic (exact) mass is 620 g/mol. The van der Waals surface area contributed by atoms with Crippen LogP contribution in [0.1, 0.15) is 115 Å². The summed E-state index contributed by atoms with van der Waals surface area (Å²) >= 11 is 0. The highest BCUT2D eigenvalue weighted by Crippen LogP contribution is 2.45. The Morgan fingerprint density at radius 2 is 1.28 bits per heavy atom. The van der Waals surface area contributed by atoms with E-state index in [4.69, 9.17) is 8.85 Å². The van der Waals surface area contributed by atoms with E-state index in [1.807, 2.05) is 26.0 Å². The smallest absolute Gasteiger partial charge is 0.171 e. The van der Waals surface area contributed by atoms with E-state index >= 15 is 0 Å². The van der Waals surface area contributed by atoms with Crippen molar-refractivity contribution < 1.29 is 14.0 Å². The fourth-order valence-corrected chi connectivity index (χ4v) is 7.43. The van der Waals surface area contributed by atoms with Crippen LogP contribution < -0.4 is 0 Å². The van der Waals surface area contributed by atoms with E-state index in [1.165, 1.54) is 16.7 Å². The lowest BCUT2D eigenvalue weighted by molar-refractivity contribution is 0.0656. The summed E-state index contributed by atoms with van der Waals surface area (Å²) in [6, 6.07) is 15.5. The van der Waals surface area contributed by atoms with Crippen LogP contribution in [0.5, 0.6) is 0 Å². The number of hydrogen-bond acceptors (Lipinski definition) is 3. The second kappa shape index (κ2) is 15.8. The average molecular weight is 621 g/mol. The quantitative estimate of drug-likeness (QED) is 0.138. The molecule has 0 radical (unpaired) electrons. The molecule has 0 aromatic heterocycles. The van der Waals surface area contributed by atoms with Crippen molar-refractivity contribution in [2.24, 2.45) is 10.8 Å². The van der Waals surface area contributed by atoms with Gasteiger partial charge >= 0.3 is 0 Å². The maximum atomic E-state index is 10.6. The molecule has 0 amide bonds. The summed E-state index contributed by atoms with van der Waals surface area (Å²) in [6.07, 6.45) is 11.8. The molecular formula is C38H60O3Si2. The van der Waals surface area contributed by atoms with Crippen molar-refractivity contribution in [1.82, 2.24) is 0 Å². The molecule has 5 heteroatoms. The minimum atomic E-state index is -1.31. The molecule has 0 aliphatic heterocycles. The van der Waals surface area contributed by atoms with Gasteiger partial charge in [0.1, 0.15) is 0 Å². The van der Waals surface area contributed by atoms with E-state index in [0.29, 0.717) is 12.8 Å². The third-order valence-corrected chi connectivity index (χ3v) is 9.49. The average Bonchev–Trinajstić information content (AvgIpc) is 2.92. The van der Waals surface area contributed by atoms with Crippen molar-refractivity contribution in [3.05, 3.63) is 88.5 Å². The van der Waals surface area contributed by atoms with Crippen LogP contribution in [0.4, 0.5) is 0 Å². The molecule has 2 rings (SSSR count). The first-order chi connectivity index (χ1) is 19.9. The topological polar surface area (TPSA) is 38.7 Å². The molecule has 2 aromatic rings. The molecule has 0 aliphatic carbocycles. The molecule has 1 N–H and O–H groups in total. The van der Waals surface area contributed by atoms with Crippen LogP contribution in [0.15, 0.2) is 60.7 Å². The van der Waals surface area contributed by atoms with Gasteiger partial charge in [-0.3, -0.25) is 0 Å². The van der Waals surface area contributed by atoms with Gasteiger partial charge in [-0.15, -0.1) is 0 Å². The van der Waals surface area contributed by atoms with Gasteiger partial charge < -0.3 is 14.0 Å². The molecule has 2 unspecified atom stereocenters. The van der Waals surface area contributed by atoms with Gasteiger partial charge in [0.25, 0.3) is 0 Å². The Hall–Kier alpha value is -2.03. The van der Waals surface area contributed by atoms with Crippen molar-refractivity contribution in [2.75, 3.05) is 0 Å². The highest BCUT2D eigenvalue weighted by atomic mass is 28.3. The van der Waals surface area contributed by atoms with Gasteiger partial charge in [-0.1, -0.05) is 116 Å². The summed E-state index contributed by atoms with van der Waals surface area (Å²) < 4.78 is 13.5. The Morgan fingerprint density at radius 1 is 0.767 bits per heavy atom. The second-order valence-electron chi connectivity index (χ2n) is 14.7. The van der Waals surface area contributed by atoms with E-state index in [-0.39, 0.29) is 23.0 Å². The van der Waals surface area contributed by atoms with Gasteiger partial charge in [0, 0.05) is 0 Å². The van der Waals surface area contributed by atoms with Crippen LogP contribution in [0.3, 0.4) is 0 Å². The lowest BCUT2D eigenvalue weighted by Crippen LogP contribution is -2.31. The molecule has 0 spiro atoms. The van der Waals surface area contributed by atoms with Crippen LogP contribution in [-0.2, 0) is 8.85 Å². The van der Waals surface area contributed by atoms with E-state index in [1.54, 1.807) is 0 Å². The molecule has 0 saturated heterocycles. The molecule has 0 heterocycles. The fraction of sp³-hybridized carbons (Fsp3) is 0.526. The summed E-state index contributed by atoms with van der Waals surface area (Å²) in [7, 11) is -2.60. The van der Waals surface area contributed by atoms with E-state index in [9.17, 15) is 5.11 Å². The normalized spacial score (nSPS) is 15.3. The predicted molar refractivity (Wildman–Crippen MR) is 194 cm³/mol. The van der Waals surface area contributed by atoms with Crippen molar-refractivity contribution in [2.45, 2.75) is 119 Å². The Bertz CT molecular complexity index is 1250. The molecule has 238 valence electrons. The summed E-state index contributed by atoms with van der Waals surface area (Å²) in [5, 5.41) is 10.6. The lowest BCUT2D eigenvalue weighted by Gasteiger charge is -2.39. The minimum absolute atomic E-state index is 0.00737. The molecular weight excluding hydrogens is 561 g/mol. The lowest BCUT2D eigenvalue weighted by atomic mass is 9.77. The molecule has 0 bridgehead atoms. The number of benzene rings is 2. The van der Waals surface area contributed by atoms with Crippen LogP contribution >= 0.6 is 0 Å². The second-order valence-corrected chi connectivity index (χ2v) is 19.5. The van der Waals surface area contributed by atoms with Crippen molar-refractivity contribution in [1.29, 1.82) is 0 Å². The van der Waals surface area contributed by atoms with E-state index in [0.717, 1.165) is 16.7 Å². The molecule has 3 nitrogen and oxygen atoms in total. The minimum Gasteiger partial charge on any atom is -0.413 e. The standard InChI is InChI=1S/C38H60O3Si2/c1-14-38(39,15-2)25-17-18-28(3)31-20-16-19-29(26-31)21-22-30-23-24-32(34(36(4,5)6)40-42(10)11)33(27-30)35(37(7,8)9)41-43(12)13/h16-27,34-35,39,42-43H,14-15H2,1-13H3. The first-order valence-corrected chi connectivity index (χ1v) is 21.8. The number of hydrogen-bond donors (Lipinski definition) is 1. The van der Waals surface area contributed by atoms with Gasteiger partial charge in [-0.25, -0.2) is 0 Å².